The number of rotatable bonds is 3. The van der Waals surface area contributed by atoms with Crippen molar-refractivity contribution in [3.63, 3.8) is 0 Å². The third kappa shape index (κ3) is 2.56. The second-order valence-electron chi connectivity index (χ2n) is 4.49. The molecule has 1 unspecified atom stereocenters. The Balaban J connectivity index is 2.29. The van der Waals surface area contributed by atoms with Crippen LogP contribution < -0.4 is 16.4 Å². The maximum Gasteiger partial charge on any atom is 0.250 e. The fourth-order valence-electron chi connectivity index (χ4n) is 2.21. The van der Waals surface area contributed by atoms with Gasteiger partial charge in [0.2, 0.25) is 0 Å². The van der Waals surface area contributed by atoms with E-state index in [4.69, 9.17) is 16.2 Å². The summed E-state index contributed by atoms with van der Waals surface area (Å²) in [6.07, 6.45) is 1.16. The van der Waals surface area contributed by atoms with Gasteiger partial charge >= 0.3 is 0 Å². The van der Waals surface area contributed by atoms with Gasteiger partial charge < -0.3 is 21.1 Å². The molecular weight excluding hydrogens is 230 g/mol. The normalized spacial score (nSPS) is 19.8. The van der Waals surface area contributed by atoms with Crippen LogP contribution in [0, 0.1) is 0 Å². The summed E-state index contributed by atoms with van der Waals surface area (Å²) in [7, 11) is 0. The number of amides is 1. The minimum atomic E-state index is -0.447. The van der Waals surface area contributed by atoms with Gasteiger partial charge in [-0.2, -0.15) is 0 Å². The number of benzene rings is 1. The summed E-state index contributed by atoms with van der Waals surface area (Å²) in [5.41, 5.74) is 13.0. The number of carbonyl (C=O) groups is 1. The summed E-state index contributed by atoms with van der Waals surface area (Å²) in [6, 6.07) is 5.28. The highest BCUT2D eigenvalue weighted by molar-refractivity contribution is 5.99. The van der Waals surface area contributed by atoms with E-state index in [1.54, 1.807) is 12.1 Å². The number of nitrogens with two attached hydrogens (primary N) is 2. The van der Waals surface area contributed by atoms with E-state index in [9.17, 15) is 4.79 Å². The van der Waals surface area contributed by atoms with Gasteiger partial charge in [0, 0.05) is 24.5 Å². The Bertz CT molecular complexity index is 448. The number of morpholine rings is 1. The number of primary amides is 1. The van der Waals surface area contributed by atoms with Crippen LogP contribution >= 0.6 is 0 Å². The average molecular weight is 249 g/mol. The molecule has 2 rings (SSSR count). The molecule has 1 saturated heterocycles. The maximum absolute atomic E-state index is 11.5. The Morgan fingerprint density at radius 3 is 3.00 bits per heavy atom. The van der Waals surface area contributed by atoms with Gasteiger partial charge in [-0.15, -0.1) is 0 Å². The number of nitrogens with zero attached hydrogens (tertiary/aromatic N) is 1. The van der Waals surface area contributed by atoms with Crippen LogP contribution in [-0.4, -0.2) is 31.7 Å². The zero-order valence-corrected chi connectivity index (χ0v) is 10.6. The summed E-state index contributed by atoms with van der Waals surface area (Å²) >= 11 is 0. The number of carbonyl (C=O) groups excluding carboxylic acids is 1. The van der Waals surface area contributed by atoms with Gasteiger partial charge in [0.05, 0.1) is 18.3 Å². The van der Waals surface area contributed by atoms with Crippen LogP contribution in [0.4, 0.5) is 11.4 Å². The number of nitrogen functional groups attached to an aromatic ring is 1. The molecule has 1 heterocycles. The lowest BCUT2D eigenvalue weighted by molar-refractivity contribution is 0.0383. The molecule has 0 aromatic heterocycles. The molecule has 1 aliphatic rings. The molecule has 1 aromatic rings. The van der Waals surface area contributed by atoms with E-state index in [0.717, 1.165) is 25.2 Å². The van der Waals surface area contributed by atoms with Gasteiger partial charge in [-0.25, -0.2) is 0 Å². The molecule has 5 heteroatoms. The summed E-state index contributed by atoms with van der Waals surface area (Å²) in [5, 5.41) is 0. The number of anilines is 2. The van der Waals surface area contributed by atoms with Crippen molar-refractivity contribution in [1.29, 1.82) is 0 Å². The maximum atomic E-state index is 11.5. The molecule has 0 radical (unpaired) electrons. The fraction of sp³-hybridized carbons (Fsp3) is 0.462. The van der Waals surface area contributed by atoms with Crippen LogP contribution in [0.3, 0.4) is 0 Å². The van der Waals surface area contributed by atoms with Crippen LogP contribution in [0.2, 0.25) is 0 Å². The predicted octanol–water partition coefficient (Wildman–Crippen LogP) is 0.983. The van der Waals surface area contributed by atoms with Crippen molar-refractivity contribution < 1.29 is 9.53 Å². The van der Waals surface area contributed by atoms with Crippen molar-refractivity contribution >= 4 is 17.3 Å². The van der Waals surface area contributed by atoms with E-state index in [1.807, 2.05) is 6.07 Å². The van der Waals surface area contributed by atoms with Crippen molar-refractivity contribution in [2.24, 2.45) is 5.73 Å². The van der Waals surface area contributed by atoms with Crippen LogP contribution in [0.25, 0.3) is 0 Å². The van der Waals surface area contributed by atoms with Gasteiger partial charge in [-0.05, 0) is 24.6 Å². The van der Waals surface area contributed by atoms with Crippen molar-refractivity contribution in [3.05, 3.63) is 23.8 Å². The highest BCUT2D eigenvalue weighted by Gasteiger charge is 2.22. The van der Waals surface area contributed by atoms with Crippen LogP contribution in [0.1, 0.15) is 23.7 Å². The quantitative estimate of drug-likeness (QED) is 0.782. The van der Waals surface area contributed by atoms with Gasteiger partial charge in [-0.3, -0.25) is 4.79 Å². The molecule has 1 aliphatic heterocycles. The topological polar surface area (TPSA) is 81.6 Å². The Hall–Kier alpha value is -1.75. The first-order valence-corrected chi connectivity index (χ1v) is 6.17. The lowest BCUT2D eigenvalue weighted by Gasteiger charge is -2.35. The molecule has 1 aromatic carbocycles. The summed E-state index contributed by atoms with van der Waals surface area (Å²) in [5.74, 6) is -0.447. The molecule has 0 bridgehead atoms. The zero-order chi connectivity index (χ0) is 13.1. The Labute approximate surface area is 107 Å². The predicted molar refractivity (Wildman–Crippen MR) is 71.6 cm³/mol. The summed E-state index contributed by atoms with van der Waals surface area (Å²) < 4.78 is 5.62. The van der Waals surface area contributed by atoms with Gasteiger partial charge in [0.25, 0.3) is 5.91 Å². The van der Waals surface area contributed by atoms with Crippen LogP contribution in [-0.2, 0) is 4.74 Å². The standard InChI is InChI=1S/C13H19N3O2/c1-2-10-8-16(5-6-18-10)12-4-3-9(14)7-11(12)13(15)17/h3-4,7,10H,2,5-6,8,14H2,1H3,(H2,15,17). The second-order valence-corrected chi connectivity index (χ2v) is 4.49. The van der Waals surface area contributed by atoms with Crippen LogP contribution in [0.15, 0.2) is 18.2 Å². The molecule has 18 heavy (non-hydrogen) atoms. The first-order valence-electron chi connectivity index (χ1n) is 6.17. The molecule has 0 spiro atoms. The van der Waals surface area contributed by atoms with E-state index in [2.05, 4.69) is 11.8 Å². The van der Waals surface area contributed by atoms with E-state index < -0.39 is 5.91 Å². The van der Waals surface area contributed by atoms with E-state index >= 15 is 0 Å². The molecular formula is C13H19N3O2. The van der Waals surface area contributed by atoms with Gasteiger partial charge in [0.15, 0.2) is 0 Å². The highest BCUT2D eigenvalue weighted by atomic mass is 16.5. The molecule has 1 fully saturated rings. The summed E-state index contributed by atoms with van der Waals surface area (Å²) in [4.78, 5) is 13.6. The molecule has 0 saturated carbocycles. The largest absolute Gasteiger partial charge is 0.399 e. The van der Waals surface area contributed by atoms with E-state index in [-0.39, 0.29) is 6.10 Å². The lowest BCUT2D eigenvalue weighted by atomic mass is 10.1. The monoisotopic (exact) mass is 249 g/mol. The smallest absolute Gasteiger partial charge is 0.250 e. The molecule has 0 aliphatic carbocycles. The first-order chi connectivity index (χ1) is 8.61. The minimum absolute atomic E-state index is 0.206. The van der Waals surface area contributed by atoms with Crippen molar-refractivity contribution in [2.45, 2.75) is 19.4 Å². The Morgan fingerprint density at radius 2 is 2.33 bits per heavy atom. The van der Waals surface area contributed by atoms with Gasteiger partial charge in [0.1, 0.15) is 0 Å². The van der Waals surface area contributed by atoms with Crippen molar-refractivity contribution in [2.75, 3.05) is 30.3 Å². The van der Waals surface area contributed by atoms with Crippen molar-refractivity contribution in [1.82, 2.24) is 0 Å². The van der Waals surface area contributed by atoms with E-state index in [1.165, 1.54) is 0 Å². The zero-order valence-electron chi connectivity index (χ0n) is 10.6. The number of hydrogen-bond donors (Lipinski definition) is 2. The minimum Gasteiger partial charge on any atom is -0.399 e. The molecule has 1 atom stereocenters. The Morgan fingerprint density at radius 1 is 1.56 bits per heavy atom. The first kappa shape index (κ1) is 12.7. The average Bonchev–Trinajstić information content (AvgIpc) is 2.38. The fourth-order valence-corrected chi connectivity index (χ4v) is 2.21. The molecule has 5 nitrogen and oxygen atoms in total. The molecule has 4 N–H and O–H groups in total. The van der Waals surface area contributed by atoms with Crippen LogP contribution in [0.5, 0.6) is 0 Å². The number of ether oxygens (including phenoxy) is 1. The SMILES string of the molecule is CCC1CN(c2ccc(N)cc2C(N)=O)CCO1. The van der Waals surface area contributed by atoms with E-state index in [0.29, 0.717) is 17.9 Å². The van der Waals surface area contributed by atoms with Crippen molar-refractivity contribution in [3.8, 4) is 0 Å². The third-order valence-electron chi connectivity index (χ3n) is 3.22. The third-order valence-corrected chi connectivity index (χ3v) is 3.22. The molecule has 98 valence electrons. The molecule has 1 amide bonds. The number of hydrogen-bond acceptors (Lipinski definition) is 4. The summed E-state index contributed by atoms with van der Waals surface area (Å²) in [6.45, 7) is 4.30. The lowest BCUT2D eigenvalue weighted by Crippen LogP contribution is -2.43. The highest BCUT2D eigenvalue weighted by Crippen LogP contribution is 2.25. The Kier molecular flexibility index (Phi) is 3.72. The second kappa shape index (κ2) is 5.27. The van der Waals surface area contributed by atoms with Gasteiger partial charge in [-0.1, -0.05) is 6.92 Å².